The number of nitroso groups, excluding NO2 is 1. The zero-order valence-electron chi connectivity index (χ0n) is 9.00. The lowest BCUT2D eigenvalue weighted by molar-refractivity contribution is 1.21. The van der Waals surface area contributed by atoms with Gasteiger partial charge in [-0.1, -0.05) is 18.2 Å². The molecule has 2 aromatic rings. The van der Waals surface area contributed by atoms with Gasteiger partial charge in [0.2, 0.25) is 0 Å². The molecule has 0 unspecified atom stereocenters. The normalized spacial score (nSPS) is 9.81. The summed E-state index contributed by atoms with van der Waals surface area (Å²) in [5.41, 5.74) is 2.58. The second kappa shape index (κ2) is 4.57. The van der Waals surface area contributed by atoms with Crippen molar-refractivity contribution in [3.8, 4) is 0 Å². The number of hydrogen-bond acceptors (Lipinski definition) is 3. The van der Waals surface area contributed by atoms with Crippen LogP contribution in [0.5, 0.6) is 0 Å². The Labute approximate surface area is 94.3 Å². The van der Waals surface area contributed by atoms with Gasteiger partial charge in [-0.2, -0.15) is 0 Å². The molecule has 0 fully saturated rings. The molecule has 16 heavy (non-hydrogen) atoms. The fourth-order valence-electron chi connectivity index (χ4n) is 1.54. The van der Waals surface area contributed by atoms with Crippen molar-refractivity contribution in [1.29, 1.82) is 0 Å². The lowest BCUT2D eigenvalue weighted by Gasteiger charge is -2.19. The zero-order chi connectivity index (χ0) is 11.4. The van der Waals surface area contributed by atoms with Crippen molar-refractivity contribution >= 4 is 17.1 Å². The largest absolute Gasteiger partial charge is 0.345 e. The van der Waals surface area contributed by atoms with Gasteiger partial charge in [-0.3, -0.25) is 0 Å². The first-order chi connectivity index (χ1) is 7.81. The summed E-state index contributed by atoms with van der Waals surface area (Å²) in [6.07, 6.45) is 0. The van der Waals surface area contributed by atoms with Gasteiger partial charge in [0.25, 0.3) is 0 Å². The Kier molecular flexibility index (Phi) is 2.96. The molecule has 0 bridgehead atoms. The first kappa shape index (κ1) is 10.4. The third-order valence-electron chi connectivity index (χ3n) is 2.49. The average Bonchev–Trinajstić information content (AvgIpc) is 2.39. The van der Waals surface area contributed by atoms with Crippen molar-refractivity contribution in [3.63, 3.8) is 0 Å². The predicted octanol–water partition coefficient (Wildman–Crippen LogP) is 3.85. The van der Waals surface area contributed by atoms with Crippen LogP contribution >= 0.6 is 0 Å². The van der Waals surface area contributed by atoms with Gasteiger partial charge in [0, 0.05) is 18.4 Å². The minimum absolute atomic E-state index is 0.449. The average molecular weight is 212 g/mol. The summed E-state index contributed by atoms with van der Waals surface area (Å²) < 4.78 is 0. The lowest BCUT2D eigenvalue weighted by Crippen LogP contribution is -2.08. The molecule has 2 aromatic carbocycles. The molecule has 0 aliphatic carbocycles. The van der Waals surface area contributed by atoms with Gasteiger partial charge in [0.1, 0.15) is 5.69 Å². The Morgan fingerprint density at radius 2 is 1.44 bits per heavy atom. The van der Waals surface area contributed by atoms with Gasteiger partial charge in [-0.15, -0.1) is 4.91 Å². The van der Waals surface area contributed by atoms with Crippen LogP contribution in [0.4, 0.5) is 17.1 Å². The first-order valence-corrected chi connectivity index (χ1v) is 5.03. The minimum Gasteiger partial charge on any atom is -0.345 e. The van der Waals surface area contributed by atoms with E-state index < -0.39 is 0 Å². The Balaban J connectivity index is 2.27. The van der Waals surface area contributed by atoms with Crippen LogP contribution in [-0.2, 0) is 0 Å². The molecular formula is C13H12N2O. The fraction of sp³-hybridized carbons (Fsp3) is 0.0769. The van der Waals surface area contributed by atoms with Crippen LogP contribution in [-0.4, -0.2) is 7.05 Å². The molecule has 0 saturated carbocycles. The number of nitrogens with zero attached hydrogens (tertiary/aromatic N) is 2. The molecule has 0 heterocycles. The van der Waals surface area contributed by atoms with E-state index in [0.717, 1.165) is 11.4 Å². The summed E-state index contributed by atoms with van der Waals surface area (Å²) in [6.45, 7) is 0. The summed E-state index contributed by atoms with van der Waals surface area (Å²) in [5.74, 6) is 0. The molecule has 0 atom stereocenters. The van der Waals surface area contributed by atoms with Crippen LogP contribution in [0.2, 0.25) is 0 Å². The Hall–Kier alpha value is -2.16. The highest BCUT2D eigenvalue weighted by atomic mass is 16.3. The SMILES string of the molecule is CN(c1ccccc1)c1ccc(N=O)cc1. The maximum absolute atomic E-state index is 10.3. The molecule has 0 amide bonds. The van der Waals surface area contributed by atoms with E-state index >= 15 is 0 Å². The predicted molar refractivity (Wildman–Crippen MR) is 66.4 cm³/mol. The smallest absolute Gasteiger partial charge is 0.108 e. The number of anilines is 2. The highest BCUT2D eigenvalue weighted by Gasteiger charge is 2.02. The second-order valence-electron chi connectivity index (χ2n) is 3.50. The van der Waals surface area contributed by atoms with Crippen molar-refractivity contribution in [2.24, 2.45) is 5.18 Å². The van der Waals surface area contributed by atoms with Crippen molar-refractivity contribution in [2.75, 3.05) is 11.9 Å². The van der Waals surface area contributed by atoms with E-state index in [4.69, 9.17) is 0 Å². The molecule has 2 rings (SSSR count). The van der Waals surface area contributed by atoms with E-state index in [1.807, 2.05) is 49.5 Å². The maximum Gasteiger partial charge on any atom is 0.108 e. The molecule has 0 spiro atoms. The molecular weight excluding hydrogens is 200 g/mol. The van der Waals surface area contributed by atoms with Gasteiger partial charge in [-0.05, 0) is 41.6 Å². The van der Waals surface area contributed by atoms with Crippen molar-refractivity contribution in [1.82, 2.24) is 0 Å². The highest BCUT2D eigenvalue weighted by molar-refractivity contribution is 5.63. The summed E-state index contributed by atoms with van der Waals surface area (Å²) in [5, 5.41) is 2.88. The number of benzene rings is 2. The molecule has 0 saturated heterocycles. The van der Waals surface area contributed by atoms with Crippen LogP contribution in [0.3, 0.4) is 0 Å². The molecule has 0 aromatic heterocycles. The Bertz CT molecular complexity index is 465. The number of hydrogen-bond donors (Lipinski definition) is 0. The summed E-state index contributed by atoms with van der Waals surface area (Å²) >= 11 is 0. The topological polar surface area (TPSA) is 32.7 Å². The molecule has 0 N–H and O–H groups in total. The van der Waals surface area contributed by atoms with E-state index in [1.165, 1.54) is 0 Å². The Morgan fingerprint density at radius 3 is 2.00 bits per heavy atom. The Morgan fingerprint density at radius 1 is 0.875 bits per heavy atom. The number of para-hydroxylation sites is 1. The van der Waals surface area contributed by atoms with Crippen LogP contribution < -0.4 is 4.90 Å². The van der Waals surface area contributed by atoms with Crippen LogP contribution in [0.25, 0.3) is 0 Å². The monoisotopic (exact) mass is 212 g/mol. The summed E-state index contributed by atoms with van der Waals surface area (Å²) in [4.78, 5) is 12.3. The van der Waals surface area contributed by atoms with Gasteiger partial charge in [0.15, 0.2) is 0 Å². The van der Waals surface area contributed by atoms with Crippen molar-refractivity contribution < 1.29 is 0 Å². The van der Waals surface area contributed by atoms with E-state index in [1.54, 1.807) is 12.1 Å². The molecule has 3 heteroatoms. The van der Waals surface area contributed by atoms with Gasteiger partial charge in [-0.25, -0.2) is 0 Å². The van der Waals surface area contributed by atoms with Crippen molar-refractivity contribution in [3.05, 3.63) is 59.5 Å². The molecule has 80 valence electrons. The third-order valence-corrected chi connectivity index (χ3v) is 2.49. The second-order valence-corrected chi connectivity index (χ2v) is 3.50. The third kappa shape index (κ3) is 2.08. The van der Waals surface area contributed by atoms with Crippen LogP contribution in [0, 0.1) is 4.91 Å². The van der Waals surface area contributed by atoms with Crippen LogP contribution in [0.15, 0.2) is 59.8 Å². The molecule has 3 nitrogen and oxygen atoms in total. The molecule has 0 aliphatic heterocycles. The van der Waals surface area contributed by atoms with Gasteiger partial charge in [0.05, 0.1) is 0 Å². The van der Waals surface area contributed by atoms with Crippen molar-refractivity contribution in [2.45, 2.75) is 0 Å². The fourth-order valence-corrected chi connectivity index (χ4v) is 1.54. The van der Waals surface area contributed by atoms with E-state index in [-0.39, 0.29) is 0 Å². The highest BCUT2D eigenvalue weighted by Crippen LogP contribution is 2.24. The molecule has 0 aliphatic rings. The number of rotatable bonds is 3. The summed E-state index contributed by atoms with van der Waals surface area (Å²) in [6, 6.07) is 17.2. The van der Waals surface area contributed by atoms with E-state index in [9.17, 15) is 4.91 Å². The van der Waals surface area contributed by atoms with Gasteiger partial charge < -0.3 is 4.90 Å². The molecule has 0 radical (unpaired) electrons. The standard InChI is InChI=1S/C13H12N2O/c1-15(12-5-3-2-4-6-12)13-9-7-11(14-16)8-10-13/h2-10H,1H3. The zero-order valence-corrected chi connectivity index (χ0v) is 9.00. The minimum atomic E-state index is 0.449. The van der Waals surface area contributed by atoms with E-state index in [2.05, 4.69) is 10.1 Å². The van der Waals surface area contributed by atoms with E-state index in [0.29, 0.717) is 5.69 Å². The van der Waals surface area contributed by atoms with Crippen LogP contribution in [0.1, 0.15) is 0 Å². The first-order valence-electron chi connectivity index (χ1n) is 5.03. The lowest BCUT2D eigenvalue weighted by atomic mass is 10.2. The quantitative estimate of drug-likeness (QED) is 0.724. The van der Waals surface area contributed by atoms with Gasteiger partial charge >= 0.3 is 0 Å². The summed E-state index contributed by atoms with van der Waals surface area (Å²) in [7, 11) is 1.98. The maximum atomic E-state index is 10.3.